The molecule has 9 heteroatoms. The zero-order chi connectivity index (χ0) is 23.6. The fourth-order valence-corrected chi connectivity index (χ4v) is 4.98. The molecule has 1 aromatic carbocycles. The van der Waals surface area contributed by atoms with Crippen molar-refractivity contribution in [3.8, 4) is 5.75 Å². The highest BCUT2D eigenvalue weighted by Crippen LogP contribution is 2.29. The van der Waals surface area contributed by atoms with Crippen molar-refractivity contribution in [1.82, 2.24) is 10.1 Å². The Morgan fingerprint density at radius 3 is 2.06 bits per heavy atom. The first kappa shape index (κ1) is 24.0. The lowest BCUT2D eigenvalue weighted by Crippen LogP contribution is -2.40. The Labute approximate surface area is 196 Å². The Morgan fingerprint density at radius 1 is 0.939 bits per heavy atom. The van der Waals surface area contributed by atoms with Crippen molar-refractivity contribution in [3.63, 3.8) is 0 Å². The van der Waals surface area contributed by atoms with Gasteiger partial charge in [-0.05, 0) is 62.8 Å². The van der Waals surface area contributed by atoms with Gasteiger partial charge in [0.1, 0.15) is 5.75 Å². The van der Waals surface area contributed by atoms with Crippen molar-refractivity contribution in [2.75, 3.05) is 24.2 Å². The molecule has 0 N–H and O–H groups in total. The number of hydrogen-bond donors (Lipinski definition) is 0. The first-order chi connectivity index (χ1) is 15.6. The molecule has 2 aromatic rings. The predicted molar refractivity (Wildman–Crippen MR) is 126 cm³/mol. The van der Waals surface area contributed by atoms with Crippen molar-refractivity contribution in [3.05, 3.63) is 30.1 Å². The quantitative estimate of drug-likeness (QED) is 0.612. The highest BCUT2D eigenvalue weighted by atomic mass is 32.2. The zero-order valence-electron chi connectivity index (χ0n) is 20.0. The van der Waals surface area contributed by atoms with E-state index in [-0.39, 0.29) is 23.7 Å². The molecule has 0 unspecified atom stereocenters. The lowest BCUT2D eigenvalue weighted by atomic mass is 9.94. The van der Waals surface area contributed by atoms with Crippen LogP contribution >= 0.6 is 0 Å². The monoisotopic (exact) mass is 477 g/mol. The summed E-state index contributed by atoms with van der Waals surface area (Å²) in [5, 5.41) is 4.13. The van der Waals surface area contributed by atoms with Gasteiger partial charge in [-0.15, -0.1) is 0 Å². The molecule has 1 aliphatic carbocycles. The lowest BCUT2D eigenvalue weighted by Gasteiger charge is -2.35. The SMILES string of the molecule is CC(C)(C)c1noc(N2CCC(O[C@H]3CC[C@H](Oc4ccc(S(C)(=O)=O)cc4)CC3)CC2)n1. The van der Waals surface area contributed by atoms with E-state index in [1.165, 1.54) is 6.26 Å². The second kappa shape index (κ2) is 9.62. The number of rotatable bonds is 6. The Bertz CT molecular complexity index is 1010. The highest BCUT2D eigenvalue weighted by Gasteiger charge is 2.30. The van der Waals surface area contributed by atoms with E-state index in [9.17, 15) is 8.42 Å². The third kappa shape index (κ3) is 6.26. The van der Waals surface area contributed by atoms with Crippen molar-refractivity contribution in [2.24, 2.45) is 0 Å². The highest BCUT2D eigenvalue weighted by molar-refractivity contribution is 7.90. The number of piperidine rings is 1. The normalized spacial score (nSPS) is 23.0. The molecule has 2 heterocycles. The number of anilines is 1. The maximum Gasteiger partial charge on any atom is 0.324 e. The van der Waals surface area contributed by atoms with E-state index in [0.29, 0.717) is 10.9 Å². The van der Waals surface area contributed by atoms with Crippen molar-refractivity contribution in [2.45, 2.75) is 87.9 Å². The van der Waals surface area contributed by atoms with Gasteiger partial charge in [-0.2, -0.15) is 4.98 Å². The molecule has 0 bridgehead atoms. The number of sulfone groups is 1. The summed E-state index contributed by atoms with van der Waals surface area (Å²) >= 11 is 0. The van der Waals surface area contributed by atoms with E-state index in [1.807, 2.05) is 0 Å². The molecule has 1 aromatic heterocycles. The van der Waals surface area contributed by atoms with E-state index in [2.05, 4.69) is 35.8 Å². The van der Waals surface area contributed by atoms with Gasteiger partial charge in [-0.3, -0.25) is 0 Å². The fourth-order valence-electron chi connectivity index (χ4n) is 4.35. The largest absolute Gasteiger partial charge is 0.490 e. The fraction of sp³-hybridized carbons (Fsp3) is 0.667. The van der Waals surface area contributed by atoms with Crippen molar-refractivity contribution >= 4 is 15.9 Å². The number of benzene rings is 1. The topological polar surface area (TPSA) is 94.8 Å². The molecular weight excluding hydrogens is 442 g/mol. The van der Waals surface area contributed by atoms with Crippen molar-refractivity contribution < 1.29 is 22.4 Å². The maximum atomic E-state index is 11.6. The standard InChI is InChI=1S/C24H35N3O5S/c1-24(2,3)22-25-23(32-26-22)27-15-13-20(14-16-27)31-18-7-5-17(6-8-18)30-19-9-11-21(12-10-19)33(4,28)29/h9-12,17-18,20H,5-8,13-16H2,1-4H3/t17-,18-. The summed E-state index contributed by atoms with van der Waals surface area (Å²) < 4.78 is 41.1. The third-order valence-electron chi connectivity index (χ3n) is 6.36. The van der Waals surface area contributed by atoms with E-state index in [0.717, 1.165) is 63.2 Å². The van der Waals surface area contributed by atoms with E-state index >= 15 is 0 Å². The van der Waals surface area contributed by atoms with Gasteiger partial charge >= 0.3 is 6.01 Å². The summed E-state index contributed by atoms with van der Waals surface area (Å²) in [5.74, 6) is 1.45. The molecule has 0 spiro atoms. The summed E-state index contributed by atoms with van der Waals surface area (Å²) in [6.45, 7) is 7.96. The van der Waals surface area contributed by atoms with Gasteiger partial charge in [0.25, 0.3) is 0 Å². The Hall–Kier alpha value is -2.13. The summed E-state index contributed by atoms with van der Waals surface area (Å²) in [7, 11) is -3.19. The maximum absolute atomic E-state index is 11.6. The number of nitrogens with zero attached hydrogens (tertiary/aromatic N) is 3. The van der Waals surface area contributed by atoms with Crippen LogP contribution in [-0.2, 0) is 20.0 Å². The summed E-state index contributed by atoms with van der Waals surface area (Å²) in [5.41, 5.74) is -0.120. The number of hydrogen-bond acceptors (Lipinski definition) is 8. The number of aromatic nitrogens is 2. The minimum atomic E-state index is -3.19. The smallest absolute Gasteiger partial charge is 0.324 e. The molecule has 4 rings (SSSR count). The summed E-state index contributed by atoms with van der Waals surface area (Å²) in [6.07, 6.45) is 7.63. The van der Waals surface area contributed by atoms with Gasteiger partial charge in [0.2, 0.25) is 0 Å². The molecular formula is C24H35N3O5S. The van der Waals surface area contributed by atoms with Gasteiger partial charge in [-0.25, -0.2) is 8.42 Å². The summed E-state index contributed by atoms with van der Waals surface area (Å²) in [6, 6.07) is 7.29. The Morgan fingerprint density at radius 2 is 1.52 bits per heavy atom. The van der Waals surface area contributed by atoms with Crippen LogP contribution in [0.15, 0.2) is 33.7 Å². The Kier molecular flexibility index (Phi) is 7.00. The van der Waals surface area contributed by atoms with Gasteiger partial charge in [0.15, 0.2) is 15.7 Å². The summed E-state index contributed by atoms with van der Waals surface area (Å²) in [4.78, 5) is 7.04. The molecule has 33 heavy (non-hydrogen) atoms. The van der Waals surface area contributed by atoms with Crippen LogP contribution in [0, 0.1) is 0 Å². The second-order valence-corrected chi connectivity index (χ2v) is 12.2. The minimum Gasteiger partial charge on any atom is -0.490 e. The van der Waals surface area contributed by atoms with Crippen LogP contribution in [0.4, 0.5) is 6.01 Å². The molecule has 0 radical (unpaired) electrons. The minimum absolute atomic E-state index is 0.120. The average Bonchev–Trinajstić information content (AvgIpc) is 3.26. The molecule has 2 fully saturated rings. The first-order valence-electron chi connectivity index (χ1n) is 11.8. The molecule has 8 nitrogen and oxygen atoms in total. The lowest BCUT2D eigenvalue weighted by molar-refractivity contribution is -0.0530. The van der Waals surface area contributed by atoms with Gasteiger partial charge in [0.05, 0.1) is 23.2 Å². The second-order valence-electron chi connectivity index (χ2n) is 10.2. The third-order valence-corrected chi connectivity index (χ3v) is 7.49. The molecule has 1 saturated heterocycles. The van der Waals surface area contributed by atoms with Crippen LogP contribution in [0.3, 0.4) is 0 Å². The van der Waals surface area contributed by atoms with Gasteiger partial charge in [0, 0.05) is 24.8 Å². The van der Waals surface area contributed by atoms with E-state index in [1.54, 1.807) is 24.3 Å². The molecule has 2 aliphatic rings. The molecule has 0 atom stereocenters. The van der Waals surface area contributed by atoms with Crippen molar-refractivity contribution in [1.29, 1.82) is 0 Å². The Balaban J connectivity index is 1.19. The van der Waals surface area contributed by atoms with Crippen LogP contribution in [0.5, 0.6) is 5.75 Å². The van der Waals surface area contributed by atoms with Crippen LogP contribution in [0.1, 0.15) is 65.1 Å². The zero-order valence-corrected chi connectivity index (χ0v) is 20.8. The van der Waals surface area contributed by atoms with Crippen LogP contribution in [0.2, 0.25) is 0 Å². The average molecular weight is 478 g/mol. The van der Waals surface area contributed by atoms with Crippen LogP contribution < -0.4 is 9.64 Å². The van der Waals surface area contributed by atoms with Crippen LogP contribution in [0.25, 0.3) is 0 Å². The molecule has 0 amide bonds. The molecule has 1 saturated carbocycles. The molecule has 182 valence electrons. The first-order valence-corrected chi connectivity index (χ1v) is 13.7. The predicted octanol–water partition coefficient (Wildman–Crippen LogP) is 4.15. The van der Waals surface area contributed by atoms with E-state index < -0.39 is 9.84 Å². The van der Waals surface area contributed by atoms with E-state index in [4.69, 9.17) is 14.0 Å². The number of ether oxygens (including phenoxy) is 2. The molecule has 1 aliphatic heterocycles. The van der Waals surface area contributed by atoms with Gasteiger partial charge < -0.3 is 18.9 Å². The van der Waals surface area contributed by atoms with Gasteiger partial charge in [-0.1, -0.05) is 25.9 Å². The van der Waals surface area contributed by atoms with Crippen LogP contribution in [-0.4, -0.2) is 56.2 Å².